The van der Waals surface area contributed by atoms with E-state index in [4.69, 9.17) is 0 Å². The van der Waals surface area contributed by atoms with E-state index in [1.54, 1.807) is 18.3 Å². The van der Waals surface area contributed by atoms with Crippen molar-refractivity contribution in [3.05, 3.63) is 59.4 Å². The maximum atomic E-state index is 13.2. The first kappa shape index (κ1) is 17.0. The quantitative estimate of drug-likeness (QED) is 0.865. The van der Waals surface area contributed by atoms with Crippen LogP contribution in [0.25, 0.3) is 0 Å². The largest absolute Gasteiger partial charge is 0.351 e. The number of aryl methyl sites for hydroxylation is 1. The first-order chi connectivity index (χ1) is 11.9. The lowest BCUT2D eigenvalue weighted by Crippen LogP contribution is -2.36. The summed E-state index contributed by atoms with van der Waals surface area (Å²) in [6.07, 6.45) is 1.99. The standard InChI is InChI=1S/C18H17F2N3O2/c1-11-2-3-15(10-21-11)23-5-4-16(18(23)25)17(24)22-9-12-6-13(19)8-14(20)7-12/h2-3,6-8,10,16H,4-5,9H2,1H3,(H,22,24). The number of nitrogens with one attached hydrogen (secondary N) is 1. The number of halogens is 2. The van der Waals surface area contributed by atoms with Crippen molar-refractivity contribution in [1.29, 1.82) is 0 Å². The molecule has 7 heteroatoms. The second-order valence-corrected chi connectivity index (χ2v) is 5.98. The Morgan fingerprint density at radius 1 is 1.28 bits per heavy atom. The van der Waals surface area contributed by atoms with Gasteiger partial charge in [0.15, 0.2) is 0 Å². The predicted molar refractivity (Wildman–Crippen MR) is 87.6 cm³/mol. The second kappa shape index (κ2) is 6.96. The summed E-state index contributed by atoms with van der Waals surface area (Å²) in [5.41, 5.74) is 1.79. The van der Waals surface area contributed by atoms with Crippen molar-refractivity contribution in [1.82, 2.24) is 10.3 Å². The average Bonchev–Trinajstić information content (AvgIpc) is 2.94. The second-order valence-electron chi connectivity index (χ2n) is 5.98. The van der Waals surface area contributed by atoms with Crippen molar-refractivity contribution in [3.63, 3.8) is 0 Å². The SMILES string of the molecule is Cc1ccc(N2CCC(C(=O)NCc3cc(F)cc(F)c3)C2=O)cn1. The van der Waals surface area contributed by atoms with Gasteiger partial charge < -0.3 is 10.2 Å². The fourth-order valence-corrected chi connectivity index (χ4v) is 2.82. The van der Waals surface area contributed by atoms with Crippen molar-refractivity contribution in [3.8, 4) is 0 Å². The topological polar surface area (TPSA) is 62.3 Å². The van der Waals surface area contributed by atoms with Gasteiger partial charge in [-0.1, -0.05) is 0 Å². The van der Waals surface area contributed by atoms with Crippen LogP contribution < -0.4 is 10.2 Å². The van der Waals surface area contributed by atoms with E-state index in [-0.39, 0.29) is 12.5 Å². The molecule has 3 rings (SSSR count). The summed E-state index contributed by atoms with van der Waals surface area (Å²) in [4.78, 5) is 30.4. The van der Waals surface area contributed by atoms with Crippen LogP contribution in [0.2, 0.25) is 0 Å². The lowest BCUT2D eigenvalue weighted by atomic mass is 10.1. The van der Waals surface area contributed by atoms with Gasteiger partial charge in [-0.15, -0.1) is 0 Å². The summed E-state index contributed by atoms with van der Waals surface area (Å²) >= 11 is 0. The third-order valence-corrected chi connectivity index (χ3v) is 4.12. The van der Waals surface area contributed by atoms with E-state index >= 15 is 0 Å². The summed E-state index contributed by atoms with van der Waals surface area (Å²) in [7, 11) is 0. The Labute approximate surface area is 143 Å². The van der Waals surface area contributed by atoms with Gasteiger partial charge in [0.25, 0.3) is 0 Å². The van der Waals surface area contributed by atoms with Gasteiger partial charge in [-0.05, 0) is 43.2 Å². The molecular formula is C18H17F2N3O2. The number of carbonyl (C=O) groups is 2. The number of anilines is 1. The maximum Gasteiger partial charge on any atom is 0.239 e. The van der Waals surface area contributed by atoms with Gasteiger partial charge in [-0.3, -0.25) is 14.6 Å². The number of amides is 2. The molecule has 2 aromatic rings. The van der Waals surface area contributed by atoms with Crippen LogP contribution in [0, 0.1) is 24.5 Å². The summed E-state index contributed by atoms with van der Waals surface area (Å²) in [5.74, 6) is -2.97. The molecule has 1 N–H and O–H groups in total. The Balaban J connectivity index is 1.63. The highest BCUT2D eigenvalue weighted by Gasteiger charge is 2.37. The number of pyridine rings is 1. The average molecular weight is 345 g/mol. The molecule has 2 heterocycles. The number of benzene rings is 1. The molecule has 1 aliphatic heterocycles. The predicted octanol–water partition coefficient (Wildman–Crippen LogP) is 2.34. The molecule has 2 amide bonds. The number of rotatable bonds is 4. The van der Waals surface area contributed by atoms with Crippen molar-refractivity contribution in [2.75, 3.05) is 11.4 Å². The van der Waals surface area contributed by atoms with Crippen LogP contribution in [-0.2, 0) is 16.1 Å². The van der Waals surface area contributed by atoms with E-state index in [0.29, 0.717) is 24.2 Å². The molecule has 5 nitrogen and oxygen atoms in total. The van der Waals surface area contributed by atoms with Gasteiger partial charge in [0, 0.05) is 24.8 Å². The van der Waals surface area contributed by atoms with Gasteiger partial charge in [0.2, 0.25) is 11.8 Å². The zero-order valence-electron chi connectivity index (χ0n) is 13.6. The minimum Gasteiger partial charge on any atom is -0.351 e. The van der Waals surface area contributed by atoms with Gasteiger partial charge in [-0.2, -0.15) is 0 Å². The molecule has 0 radical (unpaired) electrons. The highest BCUT2D eigenvalue weighted by Crippen LogP contribution is 2.25. The molecule has 0 bridgehead atoms. The normalized spacial score (nSPS) is 17.0. The molecule has 1 aliphatic rings. The Kier molecular flexibility index (Phi) is 4.74. The van der Waals surface area contributed by atoms with Crippen LogP contribution in [0.3, 0.4) is 0 Å². The number of hydrogen-bond acceptors (Lipinski definition) is 3. The molecule has 1 fully saturated rings. The number of nitrogens with zero attached hydrogens (tertiary/aromatic N) is 2. The summed E-state index contributed by atoms with van der Waals surface area (Å²) in [6.45, 7) is 2.24. The summed E-state index contributed by atoms with van der Waals surface area (Å²) in [5, 5.41) is 2.57. The third-order valence-electron chi connectivity index (χ3n) is 4.12. The molecule has 0 spiro atoms. The van der Waals surface area contributed by atoms with E-state index in [0.717, 1.165) is 23.9 Å². The molecule has 0 aliphatic carbocycles. The van der Waals surface area contributed by atoms with Crippen molar-refractivity contribution < 1.29 is 18.4 Å². The fraction of sp³-hybridized carbons (Fsp3) is 0.278. The first-order valence-corrected chi connectivity index (χ1v) is 7.91. The Morgan fingerprint density at radius 2 is 2.00 bits per heavy atom. The fourth-order valence-electron chi connectivity index (χ4n) is 2.82. The zero-order valence-corrected chi connectivity index (χ0v) is 13.6. The molecule has 1 saturated heterocycles. The molecule has 1 aromatic carbocycles. The van der Waals surface area contributed by atoms with Crippen LogP contribution in [0.1, 0.15) is 17.7 Å². The number of carbonyl (C=O) groups excluding carboxylic acids is 2. The van der Waals surface area contributed by atoms with Crippen LogP contribution in [0.15, 0.2) is 36.5 Å². The van der Waals surface area contributed by atoms with Crippen molar-refractivity contribution in [2.24, 2.45) is 5.92 Å². The van der Waals surface area contributed by atoms with E-state index < -0.39 is 23.5 Å². The smallest absolute Gasteiger partial charge is 0.239 e. The van der Waals surface area contributed by atoms with Crippen LogP contribution in [-0.4, -0.2) is 23.3 Å². The summed E-state index contributed by atoms with van der Waals surface area (Å²) in [6, 6.07) is 6.64. The third kappa shape index (κ3) is 3.81. The highest BCUT2D eigenvalue weighted by molar-refractivity contribution is 6.09. The molecule has 0 saturated carbocycles. The Bertz CT molecular complexity index is 788. The van der Waals surface area contributed by atoms with E-state index in [1.165, 1.54) is 4.90 Å². The van der Waals surface area contributed by atoms with Gasteiger partial charge in [0.05, 0.1) is 11.9 Å². The van der Waals surface area contributed by atoms with Crippen molar-refractivity contribution in [2.45, 2.75) is 19.9 Å². The highest BCUT2D eigenvalue weighted by atomic mass is 19.1. The Hall–Kier alpha value is -2.83. The van der Waals surface area contributed by atoms with Gasteiger partial charge >= 0.3 is 0 Å². The number of aromatic nitrogens is 1. The molecular weight excluding hydrogens is 328 g/mol. The van der Waals surface area contributed by atoms with Gasteiger partial charge in [-0.25, -0.2) is 8.78 Å². The lowest BCUT2D eigenvalue weighted by Gasteiger charge is -2.16. The minimum absolute atomic E-state index is 0.0383. The zero-order chi connectivity index (χ0) is 18.0. The molecule has 1 aromatic heterocycles. The first-order valence-electron chi connectivity index (χ1n) is 7.91. The van der Waals surface area contributed by atoms with Crippen LogP contribution >= 0.6 is 0 Å². The summed E-state index contributed by atoms with van der Waals surface area (Å²) < 4.78 is 26.3. The molecule has 1 atom stereocenters. The van der Waals surface area contributed by atoms with Gasteiger partial charge in [0.1, 0.15) is 17.6 Å². The molecule has 25 heavy (non-hydrogen) atoms. The van der Waals surface area contributed by atoms with Crippen molar-refractivity contribution >= 4 is 17.5 Å². The van der Waals surface area contributed by atoms with E-state index in [2.05, 4.69) is 10.3 Å². The van der Waals surface area contributed by atoms with E-state index in [1.807, 2.05) is 6.92 Å². The minimum atomic E-state index is -0.806. The monoisotopic (exact) mass is 345 g/mol. The lowest BCUT2D eigenvalue weighted by molar-refractivity contribution is -0.132. The molecule has 1 unspecified atom stereocenters. The van der Waals surface area contributed by atoms with Crippen LogP contribution in [0.4, 0.5) is 14.5 Å². The maximum absolute atomic E-state index is 13.2. The van der Waals surface area contributed by atoms with Crippen LogP contribution in [0.5, 0.6) is 0 Å². The number of hydrogen-bond donors (Lipinski definition) is 1. The Morgan fingerprint density at radius 3 is 2.64 bits per heavy atom. The van der Waals surface area contributed by atoms with E-state index in [9.17, 15) is 18.4 Å². The molecule has 130 valence electrons.